The van der Waals surface area contributed by atoms with Gasteiger partial charge in [0.2, 0.25) is 0 Å². The Labute approximate surface area is 134 Å². The first-order chi connectivity index (χ1) is 10.1. The maximum atomic E-state index is 13.7. The number of nitrogens with one attached hydrogen (secondary N) is 1. The van der Waals surface area contributed by atoms with Crippen LogP contribution in [0.2, 0.25) is 0 Å². The molecule has 4 heteroatoms. The van der Waals surface area contributed by atoms with E-state index in [1.165, 1.54) is 17.2 Å². The Morgan fingerprint density at radius 3 is 2.48 bits per heavy atom. The molecule has 0 aliphatic heterocycles. The monoisotopic (exact) mass is 350 g/mol. The van der Waals surface area contributed by atoms with E-state index in [-0.39, 0.29) is 5.82 Å². The van der Waals surface area contributed by atoms with Crippen LogP contribution < -0.4 is 5.32 Å². The first-order valence-corrected chi connectivity index (χ1v) is 7.73. The average molecular weight is 351 g/mol. The minimum absolute atomic E-state index is 0.146. The van der Waals surface area contributed by atoms with Gasteiger partial charge in [-0.15, -0.1) is 0 Å². The molecule has 0 aliphatic carbocycles. The van der Waals surface area contributed by atoms with E-state index in [2.05, 4.69) is 44.3 Å². The number of benzene rings is 2. The SMILES string of the molecule is CNCc1ccc(CN(C)Cc2ccccc2F)c(Br)c1. The zero-order valence-electron chi connectivity index (χ0n) is 12.4. The summed E-state index contributed by atoms with van der Waals surface area (Å²) in [4.78, 5) is 2.11. The van der Waals surface area contributed by atoms with Gasteiger partial charge in [-0.2, -0.15) is 0 Å². The number of rotatable bonds is 6. The molecule has 0 atom stereocenters. The van der Waals surface area contributed by atoms with Gasteiger partial charge in [0.25, 0.3) is 0 Å². The molecule has 2 aromatic carbocycles. The lowest BCUT2D eigenvalue weighted by Gasteiger charge is -2.18. The van der Waals surface area contributed by atoms with Crippen molar-refractivity contribution in [3.05, 3.63) is 69.4 Å². The van der Waals surface area contributed by atoms with Gasteiger partial charge in [-0.3, -0.25) is 4.90 Å². The Morgan fingerprint density at radius 2 is 1.81 bits per heavy atom. The second-order valence-corrected chi connectivity index (χ2v) is 6.07. The number of hydrogen-bond donors (Lipinski definition) is 1. The van der Waals surface area contributed by atoms with Crippen molar-refractivity contribution in [3.63, 3.8) is 0 Å². The van der Waals surface area contributed by atoms with Gasteiger partial charge in [0.05, 0.1) is 0 Å². The highest BCUT2D eigenvalue weighted by atomic mass is 79.9. The van der Waals surface area contributed by atoms with E-state index >= 15 is 0 Å². The fourth-order valence-electron chi connectivity index (χ4n) is 2.30. The maximum absolute atomic E-state index is 13.7. The summed E-state index contributed by atoms with van der Waals surface area (Å²) in [6, 6.07) is 13.3. The number of nitrogens with zero attached hydrogens (tertiary/aromatic N) is 1. The topological polar surface area (TPSA) is 15.3 Å². The highest BCUT2D eigenvalue weighted by molar-refractivity contribution is 9.10. The molecular formula is C17H20BrFN2. The average Bonchev–Trinajstić information content (AvgIpc) is 2.45. The minimum atomic E-state index is -0.146. The molecule has 0 amide bonds. The van der Waals surface area contributed by atoms with Crippen LogP contribution in [-0.4, -0.2) is 19.0 Å². The van der Waals surface area contributed by atoms with Gasteiger partial charge in [0, 0.05) is 29.7 Å². The van der Waals surface area contributed by atoms with Crippen molar-refractivity contribution in [2.24, 2.45) is 0 Å². The predicted molar refractivity (Wildman–Crippen MR) is 88.5 cm³/mol. The van der Waals surface area contributed by atoms with E-state index in [4.69, 9.17) is 0 Å². The van der Waals surface area contributed by atoms with Gasteiger partial charge in [-0.05, 0) is 37.4 Å². The Kier molecular flexibility index (Phi) is 5.91. The molecule has 0 fully saturated rings. The number of hydrogen-bond acceptors (Lipinski definition) is 2. The molecule has 2 aromatic rings. The second kappa shape index (κ2) is 7.69. The van der Waals surface area contributed by atoms with Crippen LogP contribution in [0.5, 0.6) is 0 Å². The normalized spacial score (nSPS) is 11.1. The van der Waals surface area contributed by atoms with Crippen LogP contribution in [0, 0.1) is 5.82 Å². The zero-order valence-corrected chi connectivity index (χ0v) is 14.0. The van der Waals surface area contributed by atoms with Crippen molar-refractivity contribution < 1.29 is 4.39 Å². The third-order valence-electron chi connectivity index (χ3n) is 3.34. The standard InChI is InChI=1S/C17H20BrFN2/c1-20-10-13-7-8-14(16(18)9-13)11-21(2)12-15-5-3-4-6-17(15)19/h3-9,20H,10-12H2,1-2H3. The second-order valence-electron chi connectivity index (χ2n) is 5.22. The highest BCUT2D eigenvalue weighted by Gasteiger charge is 2.08. The summed E-state index contributed by atoms with van der Waals surface area (Å²) in [6.45, 7) is 2.22. The van der Waals surface area contributed by atoms with Crippen molar-refractivity contribution in [2.45, 2.75) is 19.6 Å². The third kappa shape index (κ3) is 4.63. The van der Waals surface area contributed by atoms with Gasteiger partial charge >= 0.3 is 0 Å². The van der Waals surface area contributed by atoms with Crippen LogP contribution in [0.3, 0.4) is 0 Å². The molecule has 0 bridgehead atoms. The number of halogens is 2. The Morgan fingerprint density at radius 1 is 1.10 bits per heavy atom. The lowest BCUT2D eigenvalue weighted by molar-refractivity contribution is 0.313. The van der Waals surface area contributed by atoms with Crippen molar-refractivity contribution in [1.82, 2.24) is 10.2 Å². The largest absolute Gasteiger partial charge is 0.316 e. The van der Waals surface area contributed by atoms with Crippen LogP contribution in [0.4, 0.5) is 4.39 Å². The van der Waals surface area contributed by atoms with Gasteiger partial charge in [0.1, 0.15) is 5.82 Å². The van der Waals surface area contributed by atoms with Crippen molar-refractivity contribution in [3.8, 4) is 0 Å². The molecule has 112 valence electrons. The van der Waals surface area contributed by atoms with Crippen LogP contribution in [0.15, 0.2) is 46.9 Å². The first kappa shape index (κ1) is 16.1. The van der Waals surface area contributed by atoms with Crippen LogP contribution >= 0.6 is 15.9 Å². The lowest BCUT2D eigenvalue weighted by Crippen LogP contribution is -2.18. The summed E-state index contributed by atoms with van der Waals surface area (Å²) in [7, 11) is 3.93. The van der Waals surface area contributed by atoms with Crippen molar-refractivity contribution in [1.29, 1.82) is 0 Å². The Bertz CT molecular complexity index is 601. The summed E-state index contributed by atoms with van der Waals surface area (Å²) >= 11 is 3.62. The Balaban J connectivity index is 2.02. The van der Waals surface area contributed by atoms with E-state index in [0.29, 0.717) is 6.54 Å². The molecule has 2 nitrogen and oxygen atoms in total. The fraction of sp³-hybridized carbons (Fsp3) is 0.294. The van der Waals surface area contributed by atoms with Crippen LogP contribution in [-0.2, 0) is 19.6 Å². The zero-order chi connectivity index (χ0) is 15.2. The molecule has 0 saturated heterocycles. The molecule has 21 heavy (non-hydrogen) atoms. The molecule has 0 radical (unpaired) electrons. The van der Waals surface area contributed by atoms with Crippen molar-refractivity contribution >= 4 is 15.9 Å². The summed E-state index contributed by atoms with van der Waals surface area (Å²) < 4.78 is 14.8. The summed E-state index contributed by atoms with van der Waals surface area (Å²) in [5.41, 5.74) is 3.17. The lowest BCUT2D eigenvalue weighted by atomic mass is 10.1. The molecule has 0 saturated carbocycles. The molecular weight excluding hydrogens is 331 g/mol. The quantitative estimate of drug-likeness (QED) is 0.848. The summed E-state index contributed by atoms with van der Waals surface area (Å²) in [5.74, 6) is -0.146. The van der Waals surface area contributed by atoms with Crippen LogP contribution in [0.25, 0.3) is 0 Å². The fourth-order valence-corrected chi connectivity index (χ4v) is 2.85. The van der Waals surface area contributed by atoms with E-state index in [0.717, 1.165) is 23.1 Å². The van der Waals surface area contributed by atoms with Gasteiger partial charge in [0.15, 0.2) is 0 Å². The predicted octanol–water partition coefficient (Wildman–Crippen LogP) is 3.94. The van der Waals surface area contributed by atoms with E-state index < -0.39 is 0 Å². The first-order valence-electron chi connectivity index (χ1n) is 6.94. The molecule has 1 N–H and O–H groups in total. The molecule has 0 spiro atoms. The summed E-state index contributed by atoms with van der Waals surface area (Å²) in [6.07, 6.45) is 0. The van der Waals surface area contributed by atoms with Gasteiger partial charge in [-0.1, -0.05) is 46.3 Å². The van der Waals surface area contributed by atoms with Crippen molar-refractivity contribution in [2.75, 3.05) is 14.1 Å². The maximum Gasteiger partial charge on any atom is 0.127 e. The van der Waals surface area contributed by atoms with Crippen LogP contribution in [0.1, 0.15) is 16.7 Å². The highest BCUT2D eigenvalue weighted by Crippen LogP contribution is 2.21. The minimum Gasteiger partial charge on any atom is -0.316 e. The molecule has 0 unspecified atom stereocenters. The van der Waals surface area contributed by atoms with Gasteiger partial charge < -0.3 is 5.32 Å². The Hall–Kier alpha value is -1.23. The molecule has 0 aromatic heterocycles. The molecule has 2 rings (SSSR count). The van der Waals surface area contributed by atoms with E-state index in [9.17, 15) is 4.39 Å². The smallest absolute Gasteiger partial charge is 0.127 e. The molecule has 0 heterocycles. The van der Waals surface area contributed by atoms with E-state index in [1.54, 1.807) is 6.07 Å². The molecule has 0 aliphatic rings. The summed E-state index contributed by atoms with van der Waals surface area (Å²) in [5, 5.41) is 3.14. The third-order valence-corrected chi connectivity index (χ3v) is 4.07. The van der Waals surface area contributed by atoms with Gasteiger partial charge in [-0.25, -0.2) is 4.39 Å². The van der Waals surface area contributed by atoms with E-state index in [1.807, 2.05) is 26.2 Å².